The van der Waals surface area contributed by atoms with Crippen molar-refractivity contribution in [2.75, 3.05) is 5.75 Å². The summed E-state index contributed by atoms with van der Waals surface area (Å²) in [5.41, 5.74) is 5.47. The van der Waals surface area contributed by atoms with Crippen molar-refractivity contribution in [1.29, 1.82) is 0 Å². The number of carbonyl (C=O) groups excluding carboxylic acids is 2. The monoisotopic (exact) mass is 378 g/mol. The van der Waals surface area contributed by atoms with Gasteiger partial charge in [-0.05, 0) is 26.3 Å². The molecule has 26 heavy (non-hydrogen) atoms. The van der Waals surface area contributed by atoms with Gasteiger partial charge in [-0.1, -0.05) is 42.1 Å². The minimum atomic E-state index is -0.626. The molecule has 9 heteroatoms. The van der Waals surface area contributed by atoms with Gasteiger partial charge in [-0.2, -0.15) is 0 Å². The number of rotatable bonds is 7. The zero-order chi connectivity index (χ0) is 19.2. The van der Waals surface area contributed by atoms with Crippen molar-refractivity contribution in [3.8, 4) is 0 Å². The molecule has 2 aromatic rings. The van der Waals surface area contributed by atoms with E-state index < -0.39 is 23.6 Å². The van der Waals surface area contributed by atoms with Gasteiger partial charge >= 0.3 is 6.09 Å². The highest BCUT2D eigenvalue weighted by Gasteiger charge is 2.25. The van der Waals surface area contributed by atoms with Crippen LogP contribution in [0.4, 0.5) is 4.79 Å². The Kier molecular flexibility index (Phi) is 6.62. The molecule has 1 aromatic carbocycles. The first kappa shape index (κ1) is 19.8. The predicted octanol–water partition coefficient (Wildman–Crippen LogP) is 2.46. The second-order valence-corrected chi connectivity index (χ2v) is 7.48. The molecule has 8 nitrogen and oxygen atoms in total. The molecule has 0 aliphatic heterocycles. The molecule has 0 radical (unpaired) electrons. The van der Waals surface area contributed by atoms with Crippen LogP contribution in [0.2, 0.25) is 0 Å². The standard InChI is InChI=1S/C17H22N4O4S/c1-17(2,3)25-15(23)19-12(9-11-7-5-4-6-8-11)14-20-21-16(24-14)26-10-13(18)22/h4-8,12H,9-10H2,1-3H3,(H2,18,22)(H,19,23)/t12-/m1/s1. The van der Waals surface area contributed by atoms with Crippen molar-refractivity contribution in [1.82, 2.24) is 15.5 Å². The third kappa shape index (κ3) is 6.75. The van der Waals surface area contributed by atoms with Crippen LogP contribution in [-0.2, 0) is 16.0 Å². The summed E-state index contributed by atoms with van der Waals surface area (Å²) < 4.78 is 10.9. The first-order valence-corrected chi connectivity index (χ1v) is 8.99. The van der Waals surface area contributed by atoms with Crippen LogP contribution in [0.3, 0.4) is 0 Å². The second kappa shape index (κ2) is 8.70. The van der Waals surface area contributed by atoms with E-state index in [1.807, 2.05) is 30.3 Å². The molecule has 0 aliphatic rings. The summed E-state index contributed by atoms with van der Waals surface area (Å²) >= 11 is 1.04. The van der Waals surface area contributed by atoms with Crippen molar-refractivity contribution in [2.45, 2.75) is 44.1 Å². The van der Waals surface area contributed by atoms with Crippen LogP contribution in [0, 0.1) is 0 Å². The Morgan fingerprint density at radius 1 is 1.27 bits per heavy atom. The highest BCUT2D eigenvalue weighted by atomic mass is 32.2. The number of nitrogens with two attached hydrogens (primary N) is 1. The molecule has 0 saturated carbocycles. The molecule has 0 aliphatic carbocycles. The van der Waals surface area contributed by atoms with Gasteiger partial charge in [-0.3, -0.25) is 4.79 Å². The van der Waals surface area contributed by atoms with Crippen molar-refractivity contribution in [2.24, 2.45) is 5.73 Å². The molecule has 2 amide bonds. The molecule has 1 aromatic heterocycles. The molecule has 0 spiro atoms. The maximum atomic E-state index is 12.2. The Hall–Kier alpha value is -2.55. The molecule has 0 bridgehead atoms. The fourth-order valence-corrected chi connectivity index (χ4v) is 2.56. The van der Waals surface area contributed by atoms with E-state index in [4.69, 9.17) is 14.9 Å². The summed E-state index contributed by atoms with van der Waals surface area (Å²) in [5, 5.41) is 10.8. The van der Waals surface area contributed by atoms with E-state index in [0.29, 0.717) is 6.42 Å². The van der Waals surface area contributed by atoms with Crippen LogP contribution in [-0.4, -0.2) is 33.6 Å². The number of nitrogens with zero attached hydrogens (tertiary/aromatic N) is 2. The van der Waals surface area contributed by atoms with Gasteiger partial charge in [0.1, 0.15) is 11.6 Å². The highest BCUT2D eigenvalue weighted by Crippen LogP contribution is 2.22. The molecule has 0 saturated heterocycles. The number of aromatic nitrogens is 2. The van der Waals surface area contributed by atoms with Crippen molar-refractivity contribution in [3.05, 3.63) is 41.8 Å². The van der Waals surface area contributed by atoms with Crippen LogP contribution < -0.4 is 11.1 Å². The Bertz CT molecular complexity index is 743. The van der Waals surface area contributed by atoms with Gasteiger partial charge in [0.15, 0.2) is 0 Å². The Labute approximate surface area is 155 Å². The first-order chi connectivity index (χ1) is 12.2. The number of ether oxygens (including phenoxy) is 1. The van der Waals surface area contributed by atoms with Gasteiger partial charge in [0.05, 0.1) is 5.75 Å². The maximum absolute atomic E-state index is 12.2. The summed E-state index contributed by atoms with van der Waals surface area (Å²) in [6.07, 6.45) is -0.134. The quantitative estimate of drug-likeness (QED) is 0.710. The second-order valence-electron chi connectivity index (χ2n) is 6.55. The highest BCUT2D eigenvalue weighted by molar-refractivity contribution is 7.99. The fourth-order valence-electron chi connectivity index (χ4n) is 2.05. The number of amides is 2. The van der Waals surface area contributed by atoms with Gasteiger partial charge in [-0.15, -0.1) is 10.2 Å². The molecular formula is C17H22N4O4S. The molecule has 1 atom stereocenters. The average molecular weight is 378 g/mol. The normalized spacial score (nSPS) is 12.4. The number of alkyl carbamates (subject to hydrolysis) is 1. The SMILES string of the molecule is CC(C)(C)OC(=O)N[C@H](Cc1ccccc1)c1nnc(SCC(N)=O)o1. The van der Waals surface area contributed by atoms with E-state index >= 15 is 0 Å². The number of benzene rings is 1. The number of hydrogen-bond donors (Lipinski definition) is 2. The summed E-state index contributed by atoms with van der Waals surface area (Å²) in [4.78, 5) is 23.0. The summed E-state index contributed by atoms with van der Waals surface area (Å²) in [6.45, 7) is 5.35. The smallest absolute Gasteiger partial charge is 0.408 e. The molecule has 3 N–H and O–H groups in total. The number of hydrogen-bond acceptors (Lipinski definition) is 7. The molecular weight excluding hydrogens is 356 g/mol. The number of thioether (sulfide) groups is 1. The largest absolute Gasteiger partial charge is 0.444 e. The van der Waals surface area contributed by atoms with Crippen LogP contribution >= 0.6 is 11.8 Å². The minimum absolute atomic E-state index is 0.0322. The molecule has 2 rings (SSSR count). The number of primary amides is 1. The predicted molar refractivity (Wildman–Crippen MR) is 96.5 cm³/mol. The molecule has 0 unspecified atom stereocenters. The zero-order valence-electron chi connectivity index (χ0n) is 14.9. The fraction of sp³-hybridized carbons (Fsp3) is 0.412. The topological polar surface area (TPSA) is 120 Å². The van der Waals surface area contributed by atoms with E-state index in [1.165, 1.54) is 0 Å². The van der Waals surface area contributed by atoms with Crippen LogP contribution in [0.15, 0.2) is 40.0 Å². The third-order valence-corrected chi connectivity index (χ3v) is 3.87. The molecule has 140 valence electrons. The summed E-state index contributed by atoms with van der Waals surface area (Å²) in [7, 11) is 0. The molecule has 0 fully saturated rings. The van der Waals surface area contributed by atoms with Gasteiger partial charge in [0, 0.05) is 6.42 Å². The summed E-state index contributed by atoms with van der Waals surface area (Å²) in [6, 6.07) is 9.02. The van der Waals surface area contributed by atoms with Gasteiger partial charge in [-0.25, -0.2) is 4.79 Å². The van der Waals surface area contributed by atoms with Crippen LogP contribution in [0.5, 0.6) is 0 Å². The Balaban J connectivity index is 2.14. The Morgan fingerprint density at radius 3 is 2.58 bits per heavy atom. The van der Waals surface area contributed by atoms with Crippen molar-refractivity contribution >= 4 is 23.8 Å². The van der Waals surface area contributed by atoms with E-state index in [0.717, 1.165) is 17.3 Å². The average Bonchev–Trinajstić information content (AvgIpc) is 3.00. The van der Waals surface area contributed by atoms with E-state index in [-0.39, 0.29) is 16.9 Å². The van der Waals surface area contributed by atoms with Crippen molar-refractivity contribution < 1.29 is 18.7 Å². The van der Waals surface area contributed by atoms with E-state index in [1.54, 1.807) is 20.8 Å². The molecule has 1 heterocycles. The van der Waals surface area contributed by atoms with Gasteiger partial charge in [0.2, 0.25) is 11.8 Å². The zero-order valence-corrected chi connectivity index (χ0v) is 15.7. The summed E-state index contributed by atoms with van der Waals surface area (Å²) in [5.74, 6) is -0.223. The lowest BCUT2D eigenvalue weighted by molar-refractivity contribution is -0.115. The minimum Gasteiger partial charge on any atom is -0.444 e. The van der Waals surface area contributed by atoms with Gasteiger partial charge < -0.3 is 20.2 Å². The van der Waals surface area contributed by atoms with E-state index in [9.17, 15) is 9.59 Å². The lowest BCUT2D eigenvalue weighted by Gasteiger charge is -2.22. The lowest BCUT2D eigenvalue weighted by Crippen LogP contribution is -2.36. The number of carbonyl (C=O) groups is 2. The number of nitrogens with one attached hydrogen (secondary N) is 1. The van der Waals surface area contributed by atoms with Crippen LogP contribution in [0.25, 0.3) is 0 Å². The Morgan fingerprint density at radius 2 is 1.96 bits per heavy atom. The third-order valence-electron chi connectivity index (χ3n) is 3.03. The lowest BCUT2D eigenvalue weighted by atomic mass is 10.1. The van der Waals surface area contributed by atoms with E-state index in [2.05, 4.69) is 15.5 Å². The maximum Gasteiger partial charge on any atom is 0.408 e. The van der Waals surface area contributed by atoms with Crippen LogP contribution in [0.1, 0.15) is 38.3 Å². The first-order valence-electron chi connectivity index (χ1n) is 8.01. The van der Waals surface area contributed by atoms with Gasteiger partial charge in [0.25, 0.3) is 5.22 Å². The van der Waals surface area contributed by atoms with Crippen molar-refractivity contribution in [3.63, 3.8) is 0 Å².